The summed E-state index contributed by atoms with van der Waals surface area (Å²) in [5, 5.41) is 7.10. The minimum Gasteiger partial charge on any atom is -0.493 e. The molecule has 2 aromatic rings. The van der Waals surface area contributed by atoms with Crippen LogP contribution in [-0.4, -0.2) is 38.3 Å². The molecule has 1 saturated carbocycles. The van der Waals surface area contributed by atoms with Gasteiger partial charge in [0.1, 0.15) is 0 Å². The van der Waals surface area contributed by atoms with Crippen molar-refractivity contribution in [3.63, 3.8) is 0 Å². The first-order chi connectivity index (χ1) is 14.5. The highest BCUT2D eigenvalue weighted by Gasteiger charge is 2.18. The molecule has 0 aliphatic heterocycles. The molecular weight excluding hydrogens is 398 g/mol. The van der Waals surface area contributed by atoms with E-state index in [-0.39, 0.29) is 0 Å². The Morgan fingerprint density at radius 3 is 2.30 bits per heavy atom. The Morgan fingerprint density at radius 1 is 1.13 bits per heavy atom. The highest BCUT2D eigenvalue weighted by atomic mass is 32.1. The van der Waals surface area contributed by atoms with Crippen LogP contribution in [0.5, 0.6) is 17.2 Å². The fraction of sp³-hybridized carbons (Fsp3) is 0.478. The van der Waals surface area contributed by atoms with Crippen LogP contribution in [0.4, 0.5) is 0 Å². The lowest BCUT2D eigenvalue weighted by Crippen LogP contribution is -2.18. The van der Waals surface area contributed by atoms with Crippen molar-refractivity contribution in [3.8, 4) is 28.5 Å². The Morgan fingerprint density at radius 2 is 1.77 bits per heavy atom. The lowest BCUT2D eigenvalue weighted by molar-refractivity contribution is 0.324. The predicted octanol–water partition coefficient (Wildman–Crippen LogP) is 5.13. The summed E-state index contributed by atoms with van der Waals surface area (Å²) in [6.45, 7) is 8.84. The van der Waals surface area contributed by atoms with E-state index in [1.54, 1.807) is 32.7 Å². The van der Waals surface area contributed by atoms with Gasteiger partial charge in [0, 0.05) is 16.7 Å². The SMILES string of the molecule is C=C(C)CN=c1scc(-c2cc(OC)c(OC)c(OC)c2)n1N=C1CCC(C)CC1. The first-order valence-corrected chi connectivity index (χ1v) is 11.1. The van der Waals surface area contributed by atoms with Crippen molar-refractivity contribution in [2.24, 2.45) is 16.0 Å². The number of methoxy groups -OCH3 is 3. The fourth-order valence-corrected chi connectivity index (χ4v) is 4.30. The van der Waals surface area contributed by atoms with Crippen LogP contribution in [0.25, 0.3) is 11.3 Å². The van der Waals surface area contributed by atoms with Crippen LogP contribution in [-0.2, 0) is 0 Å². The highest BCUT2D eigenvalue weighted by molar-refractivity contribution is 7.07. The third kappa shape index (κ3) is 4.95. The molecule has 6 nitrogen and oxygen atoms in total. The molecule has 1 aliphatic rings. The van der Waals surface area contributed by atoms with E-state index in [4.69, 9.17) is 24.3 Å². The smallest absolute Gasteiger partial charge is 0.206 e. The molecule has 0 N–H and O–H groups in total. The molecule has 0 unspecified atom stereocenters. The van der Waals surface area contributed by atoms with E-state index in [1.165, 1.54) is 18.6 Å². The first kappa shape index (κ1) is 22.2. The van der Waals surface area contributed by atoms with E-state index in [1.807, 2.05) is 23.7 Å². The van der Waals surface area contributed by atoms with Crippen molar-refractivity contribution < 1.29 is 14.2 Å². The van der Waals surface area contributed by atoms with E-state index in [2.05, 4.69) is 18.9 Å². The molecule has 3 rings (SSSR count). The van der Waals surface area contributed by atoms with E-state index < -0.39 is 0 Å². The van der Waals surface area contributed by atoms with Gasteiger partial charge in [-0.2, -0.15) is 5.10 Å². The summed E-state index contributed by atoms with van der Waals surface area (Å²) in [6.07, 6.45) is 4.42. The maximum atomic E-state index is 5.55. The number of aromatic nitrogens is 1. The van der Waals surface area contributed by atoms with E-state index in [0.29, 0.717) is 23.8 Å². The highest BCUT2D eigenvalue weighted by Crippen LogP contribution is 2.41. The van der Waals surface area contributed by atoms with Gasteiger partial charge >= 0.3 is 0 Å². The normalized spacial score (nSPS) is 17.0. The Balaban J connectivity index is 2.14. The quantitative estimate of drug-likeness (QED) is 0.573. The number of ether oxygens (including phenoxy) is 3. The number of rotatable bonds is 7. The average molecular weight is 430 g/mol. The number of hydrogen-bond donors (Lipinski definition) is 0. The molecule has 162 valence electrons. The molecular formula is C23H31N3O3S. The van der Waals surface area contributed by atoms with Crippen molar-refractivity contribution >= 4 is 17.0 Å². The summed E-state index contributed by atoms with van der Waals surface area (Å²) in [4.78, 5) is 5.59. The van der Waals surface area contributed by atoms with Gasteiger partial charge in [0.05, 0.1) is 33.6 Å². The van der Waals surface area contributed by atoms with Crippen LogP contribution >= 0.6 is 11.3 Å². The van der Waals surface area contributed by atoms with E-state index in [9.17, 15) is 0 Å². The van der Waals surface area contributed by atoms with Gasteiger partial charge in [-0.25, -0.2) is 4.68 Å². The summed E-state index contributed by atoms with van der Waals surface area (Å²) in [5.74, 6) is 2.57. The zero-order chi connectivity index (χ0) is 21.7. The minimum atomic E-state index is 0.574. The standard InChI is InChI=1S/C23H31N3O3S/c1-15(2)13-24-23-26(25-18-9-7-16(3)8-10-18)19(14-30-23)17-11-20(27-4)22(29-6)21(12-17)28-5/h11-12,14,16H,1,7-10,13H2,2-6H3. The molecule has 0 radical (unpaired) electrons. The molecule has 0 saturated heterocycles. The third-order valence-electron chi connectivity index (χ3n) is 5.22. The maximum absolute atomic E-state index is 5.55. The van der Waals surface area contributed by atoms with Crippen LogP contribution < -0.4 is 19.0 Å². The zero-order valence-electron chi connectivity index (χ0n) is 18.5. The fourth-order valence-electron chi connectivity index (χ4n) is 3.47. The van der Waals surface area contributed by atoms with Crippen molar-refractivity contribution in [2.45, 2.75) is 39.5 Å². The molecule has 7 heteroatoms. The first-order valence-electron chi connectivity index (χ1n) is 10.2. The molecule has 1 heterocycles. The predicted molar refractivity (Wildman–Crippen MR) is 123 cm³/mol. The number of nitrogens with zero attached hydrogens (tertiary/aromatic N) is 3. The van der Waals surface area contributed by atoms with Crippen LogP contribution in [0.15, 0.2) is 39.8 Å². The summed E-state index contributed by atoms with van der Waals surface area (Å²) >= 11 is 1.57. The van der Waals surface area contributed by atoms with Gasteiger partial charge in [-0.15, -0.1) is 11.3 Å². The van der Waals surface area contributed by atoms with Crippen molar-refractivity contribution in [1.29, 1.82) is 0 Å². The molecule has 0 amide bonds. The van der Waals surface area contributed by atoms with Gasteiger partial charge in [-0.05, 0) is 50.7 Å². The maximum Gasteiger partial charge on any atom is 0.206 e. The Labute approximate surface area is 182 Å². The Kier molecular flexibility index (Phi) is 7.37. The van der Waals surface area contributed by atoms with Crippen molar-refractivity contribution in [3.05, 3.63) is 34.5 Å². The van der Waals surface area contributed by atoms with Gasteiger partial charge in [-0.1, -0.05) is 19.1 Å². The summed E-state index contributed by atoms with van der Waals surface area (Å²) in [5.41, 5.74) is 4.12. The Hall–Kier alpha value is -2.54. The molecule has 1 aromatic heterocycles. The van der Waals surface area contributed by atoms with E-state index >= 15 is 0 Å². The van der Waals surface area contributed by atoms with Crippen LogP contribution in [0, 0.1) is 5.92 Å². The Bertz CT molecular complexity index is 968. The van der Waals surface area contributed by atoms with Gasteiger partial charge in [0.25, 0.3) is 0 Å². The van der Waals surface area contributed by atoms with Gasteiger partial charge in [0.2, 0.25) is 10.6 Å². The number of benzene rings is 1. The second kappa shape index (κ2) is 9.98. The monoisotopic (exact) mass is 429 g/mol. The van der Waals surface area contributed by atoms with Crippen LogP contribution in [0.2, 0.25) is 0 Å². The number of thiazole rings is 1. The molecule has 0 spiro atoms. The largest absolute Gasteiger partial charge is 0.493 e. The van der Waals surface area contributed by atoms with Crippen LogP contribution in [0.1, 0.15) is 39.5 Å². The third-order valence-corrected chi connectivity index (χ3v) is 6.08. The summed E-state index contributed by atoms with van der Waals surface area (Å²) in [6, 6.07) is 3.90. The molecule has 0 bridgehead atoms. The molecule has 1 aliphatic carbocycles. The van der Waals surface area contributed by atoms with Gasteiger partial charge in [0.15, 0.2) is 11.5 Å². The molecule has 1 aromatic carbocycles. The van der Waals surface area contributed by atoms with Crippen LogP contribution in [0.3, 0.4) is 0 Å². The molecule has 30 heavy (non-hydrogen) atoms. The lowest BCUT2D eigenvalue weighted by atomic mass is 9.90. The second-order valence-corrected chi connectivity index (χ2v) is 8.59. The molecule has 1 fully saturated rings. The van der Waals surface area contributed by atoms with Crippen molar-refractivity contribution in [1.82, 2.24) is 4.68 Å². The summed E-state index contributed by atoms with van der Waals surface area (Å²) < 4.78 is 18.5. The lowest BCUT2D eigenvalue weighted by Gasteiger charge is -2.19. The summed E-state index contributed by atoms with van der Waals surface area (Å²) in [7, 11) is 4.86. The molecule has 0 atom stereocenters. The second-order valence-electron chi connectivity index (χ2n) is 7.75. The number of hydrogen-bond acceptors (Lipinski definition) is 6. The van der Waals surface area contributed by atoms with Gasteiger partial charge < -0.3 is 14.2 Å². The van der Waals surface area contributed by atoms with Gasteiger partial charge in [-0.3, -0.25) is 4.99 Å². The topological polar surface area (TPSA) is 57.3 Å². The van der Waals surface area contributed by atoms with E-state index in [0.717, 1.165) is 40.4 Å². The average Bonchev–Trinajstić information content (AvgIpc) is 3.15. The van der Waals surface area contributed by atoms with Crippen molar-refractivity contribution in [2.75, 3.05) is 27.9 Å². The zero-order valence-corrected chi connectivity index (χ0v) is 19.3. The minimum absolute atomic E-state index is 0.574.